The maximum atomic E-state index is 13.8. The molecule has 1 saturated carbocycles. The van der Waals surface area contributed by atoms with Crippen LogP contribution in [0.1, 0.15) is 87.3 Å². The van der Waals surface area contributed by atoms with Gasteiger partial charge in [0.2, 0.25) is 0 Å². The summed E-state index contributed by atoms with van der Waals surface area (Å²) in [5, 5.41) is 0.921. The Labute approximate surface area is 220 Å². The monoisotopic (exact) mass is 529 g/mol. The van der Waals surface area contributed by atoms with E-state index < -0.39 is 23.4 Å². The maximum Gasteiger partial charge on any atom is 0.416 e. The summed E-state index contributed by atoms with van der Waals surface area (Å²) in [6, 6.07) is 12.2. The smallest absolute Gasteiger partial charge is 0.416 e. The number of carbonyl (C=O) groups excluding carboxylic acids is 1. The zero-order valence-corrected chi connectivity index (χ0v) is 22.1. The molecule has 1 aliphatic heterocycles. The molecule has 1 fully saturated rings. The van der Waals surface area contributed by atoms with Crippen LogP contribution in [0.3, 0.4) is 0 Å². The number of hydrogen-bond acceptors (Lipinski definition) is 4. The first-order valence-electron chi connectivity index (χ1n) is 13.3. The van der Waals surface area contributed by atoms with E-state index >= 15 is 0 Å². The number of ether oxygens (including phenoxy) is 3. The van der Waals surface area contributed by atoms with Crippen LogP contribution in [-0.4, -0.2) is 22.7 Å². The first-order valence-corrected chi connectivity index (χ1v) is 13.3. The Hall–Kier alpha value is -3.00. The molecule has 8 heteroatoms. The first kappa shape index (κ1) is 26.6. The minimum absolute atomic E-state index is 0.0204. The van der Waals surface area contributed by atoms with E-state index in [4.69, 9.17) is 14.2 Å². The van der Waals surface area contributed by atoms with Crippen molar-refractivity contribution in [2.45, 2.75) is 89.8 Å². The Balaban J connectivity index is 1.32. The van der Waals surface area contributed by atoms with Crippen LogP contribution >= 0.6 is 0 Å². The van der Waals surface area contributed by atoms with Crippen LogP contribution in [0.15, 0.2) is 42.5 Å². The lowest BCUT2D eigenvalue weighted by Crippen LogP contribution is -2.28. The molecule has 1 aromatic heterocycles. The van der Waals surface area contributed by atoms with E-state index in [2.05, 4.69) is 4.57 Å². The van der Waals surface area contributed by atoms with E-state index in [9.17, 15) is 18.0 Å². The van der Waals surface area contributed by atoms with Gasteiger partial charge in [0.15, 0.2) is 0 Å². The molecule has 5 rings (SSSR count). The zero-order valence-electron chi connectivity index (χ0n) is 22.1. The predicted molar refractivity (Wildman–Crippen MR) is 138 cm³/mol. The summed E-state index contributed by atoms with van der Waals surface area (Å²) in [6.45, 7) is 6.69. The van der Waals surface area contributed by atoms with Gasteiger partial charge in [0, 0.05) is 23.1 Å². The summed E-state index contributed by atoms with van der Waals surface area (Å²) in [7, 11) is 0. The highest BCUT2D eigenvalue weighted by molar-refractivity contribution is 5.83. The number of aromatic nitrogens is 1. The zero-order chi connectivity index (χ0) is 27.1. The summed E-state index contributed by atoms with van der Waals surface area (Å²) in [4.78, 5) is 12.4. The molecule has 0 N–H and O–H groups in total. The summed E-state index contributed by atoms with van der Waals surface area (Å²) in [5.41, 5.74) is 1.67. The lowest BCUT2D eigenvalue weighted by molar-refractivity contribution is -0.158. The summed E-state index contributed by atoms with van der Waals surface area (Å²) < 4.78 is 61.0. The molecule has 2 aromatic carbocycles. The van der Waals surface area contributed by atoms with E-state index in [-0.39, 0.29) is 24.9 Å². The van der Waals surface area contributed by atoms with E-state index in [0.717, 1.165) is 42.3 Å². The number of carbonyl (C=O) groups is 1. The van der Waals surface area contributed by atoms with E-state index in [0.29, 0.717) is 30.0 Å². The number of hydrogen-bond donors (Lipinski definition) is 0. The summed E-state index contributed by atoms with van der Waals surface area (Å²) >= 11 is 0. The SMILES string of the molecule is CC(C)(C)OC(=O)CC1OCCn2c1cc1cc(OCc3ccc(C4CCCC4)c(C(F)(F)F)c3)ccc12. The molecule has 1 unspecified atom stereocenters. The molecule has 2 heterocycles. The average Bonchev–Trinajstić information content (AvgIpc) is 3.49. The highest BCUT2D eigenvalue weighted by atomic mass is 19.4. The van der Waals surface area contributed by atoms with Gasteiger partial charge in [0.05, 0.1) is 18.6 Å². The van der Waals surface area contributed by atoms with Gasteiger partial charge in [-0.1, -0.05) is 25.0 Å². The highest BCUT2D eigenvalue weighted by Gasteiger charge is 2.36. The molecule has 5 nitrogen and oxygen atoms in total. The largest absolute Gasteiger partial charge is 0.489 e. The fourth-order valence-corrected chi connectivity index (χ4v) is 5.64. The highest BCUT2D eigenvalue weighted by Crippen LogP contribution is 2.42. The Kier molecular flexibility index (Phi) is 7.20. The fraction of sp³-hybridized carbons (Fsp3) is 0.500. The Morgan fingerprint density at radius 2 is 1.82 bits per heavy atom. The molecule has 0 spiro atoms. The van der Waals surface area contributed by atoms with Crippen LogP contribution in [-0.2, 0) is 33.6 Å². The van der Waals surface area contributed by atoms with Crippen molar-refractivity contribution >= 4 is 16.9 Å². The van der Waals surface area contributed by atoms with Crippen LogP contribution in [0.2, 0.25) is 0 Å². The fourth-order valence-electron chi connectivity index (χ4n) is 5.64. The van der Waals surface area contributed by atoms with Crippen molar-refractivity contribution in [3.05, 3.63) is 64.8 Å². The number of halogens is 3. The molecule has 1 atom stereocenters. The van der Waals surface area contributed by atoms with Gasteiger partial charge < -0.3 is 18.8 Å². The van der Waals surface area contributed by atoms with Gasteiger partial charge in [0.1, 0.15) is 24.1 Å². The van der Waals surface area contributed by atoms with Gasteiger partial charge in [-0.05, 0) is 81.0 Å². The maximum absolute atomic E-state index is 13.8. The van der Waals surface area contributed by atoms with Gasteiger partial charge in [-0.25, -0.2) is 0 Å². The van der Waals surface area contributed by atoms with Crippen LogP contribution in [0.5, 0.6) is 5.75 Å². The quantitative estimate of drug-likeness (QED) is 0.307. The van der Waals surface area contributed by atoms with Gasteiger partial charge in [-0.15, -0.1) is 0 Å². The number of nitrogens with zero attached hydrogens (tertiary/aromatic N) is 1. The lowest BCUT2D eigenvalue weighted by Gasteiger charge is -2.27. The van der Waals surface area contributed by atoms with Crippen molar-refractivity contribution in [2.75, 3.05) is 6.61 Å². The third-order valence-electron chi connectivity index (χ3n) is 7.26. The molecule has 0 bridgehead atoms. The molecule has 0 saturated heterocycles. The Morgan fingerprint density at radius 3 is 2.53 bits per heavy atom. The number of esters is 1. The Morgan fingerprint density at radius 1 is 1.05 bits per heavy atom. The van der Waals surface area contributed by atoms with Gasteiger partial charge in [-0.3, -0.25) is 4.79 Å². The second-order valence-electron chi connectivity index (χ2n) is 11.3. The standard InChI is InChI=1S/C30H34F3NO4/c1-29(2,3)38-28(35)17-27-26-16-21-15-22(9-11-25(21)34(26)12-13-36-27)37-18-19-8-10-23(20-6-4-5-7-20)24(14-19)30(31,32)33/h8-11,14-16,20,27H,4-7,12-13,17-18H2,1-3H3. The summed E-state index contributed by atoms with van der Waals surface area (Å²) in [6.07, 6.45) is -1.10. The second-order valence-corrected chi connectivity index (χ2v) is 11.3. The van der Waals surface area contributed by atoms with E-state index in [1.165, 1.54) is 6.07 Å². The van der Waals surface area contributed by atoms with E-state index in [1.54, 1.807) is 12.1 Å². The topological polar surface area (TPSA) is 49.7 Å². The van der Waals surface area contributed by atoms with Crippen molar-refractivity contribution < 1.29 is 32.2 Å². The van der Waals surface area contributed by atoms with Crippen molar-refractivity contribution in [3.63, 3.8) is 0 Å². The minimum Gasteiger partial charge on any atom is -0.489 e. The molecule has 3 aromatic rings. The number of alkyl halides is 3. The number of benzene rings is 2. The van der Waals surface area contributed by atoms with Crippen LogP contribution in [0.25, 0.3) is 10.9 Å². The van der Waals surface area contributed by atoms with Gasteiger partial charge >= 0.3 is 12.1 Å². The number of fused-ring (bicyclic) bond motifs is 3. The molecular formula is C30H34F3NO4. The molecule has 0 amide bonds. The molecule has 2 aliphatic rings. The van der Waals surface area contributed by atoms with Crippen LogP contribution < -0.4 is 4.74 Å². The van der Waals surface area contributed by atoms with Crippen molar-refractivity contribution in [3.8, 4) is 5.75 Å². The Bertz CT molecular complexity index is 1320. The first-order chi connectivity index (χ1) is 18.0. The minimum atomic E-state index is -4.39. The number of rotatable bonds is 6. The molecular weight excluding hydrogens is 495 g/mol. The lowest BCUT2D eigenvalue weighted by atomic mass is 9.91. The molecule has 1 aliphatic carbocycles. The van der Waals surface area contributed by atoms with E-state index in [1.807, 2.05) is 45.0 Å². The third-order valence-corrected chi connectivity index (χ3v) is 7.26. The predicted octanol–water partition coefficient (Wildman–Crippen LogP) is 7.70. The summed E-state index contributed by atoms with van der Waals surface area (Å²) in [5.74, 6) is 0.230. The van der Waals surface area contributed by atoms with Gasteiger partial charge in [0.25, 0.3) is 0 Å². The van der Waals surface area contributed by atoms with Crippen molar-refractivity contribution in [2.24, 2.45) is 0 Å². The van der Waals surface area contributed by atoms with Crippen molar-refractivity contribution in [1.29, 1.82) is 0 Å². The molecule has 204 valence electrons. The molecule has 0 radical (unpaired) electrons. The second kappa shape index (κ2) is 10.3. The normalized spacial score (nSPS) is 18.5. The van der Waals surface area contributed by atoms with Crippen LogP contribution in [0.4, 0.5) is 13.2 Å². The average molecular weight is 530 g/mol. The van der Waals surface area contributed by atoms with Crippen LogP contribution in [0, 0.1) is 0 Å². The van der Waals surface area contributed by atoms with Crippen molar-refractivity contribution in [1.82, 2.24) is 4.57 Å². The van der Waals surface area contributed by atoms with Gasteiger partial charge in [-0.2, -0.15) is 13.2 Å². The molecule has 38 heavy (non-hydrogen) atoms. The third kappa shape index (κ3) is 5.85.